The van der Waals surface area contributed by atoms with Crippen LogP contribution in [0.3, 0.4) is 0 Å². The van der Waals surface area contributed by atoms with E-state index in [1.54, 1.807) is 7.11 Å². The third-order valence-electron chi connectivity index (χ3n) is 7.44. The lowest BCUT2D eigenvalue weighted by molar-refractivity contribution is -0.0325. The summed E-state index contributed by atoms with van der Waals surface area (Å²) in [5.74, 6) is 0.0413. The normalized spacial score (nSPS) is 14.8. The molecule has 0 unspecified atom stereocenters. The van der Waals surface area contributed by atoms with Gasteiger partial charge in [-0.1, -0.05) is 30.3 Å². The lowest BCUT2D eigenvalue weighted by Gasteiger charge is -2.39. The number of benzene rings is 3. The molecule has 5 rings (SSSR count). The molecule has 4 aromatic rings. The summed E-state index contributed by atoms with van der Waals surface area (Å²) < 4.78 is 18.3. The first-order valence-corrected chi connectivity index (χ1v) is 13.0. The zero-order chi connectivity index (χ0) is 26.7. The molecule has 0 bridgehead atoms. The third-order valence-corrected chi connectivity index (χ3v) is 7.44. The average Bonchev–Trinajstić information content (AvgIpc) is 3.27. The molecule has 1 aliphatic rings. The second-order valence-electron chi connectivity index (χ2n) is 10.1. The molecule has 7 heteroatoms. The fraction of sp³-hybridized carbons (Fsp3) is 0.355. The maximum atomic E-state index is 13.8. The van der Waals surface area contributed by atoms with Gasteiger partial charge < -0.3 is 18.8 Å². The van der Waals surface area contributed by atoms with Gasteiger partial charge in [0.1, 0.15) is 6.79 Å². The van der Waals surface area contributed by atoms with Crippen LogP contribution >= 0.6 is 0 Å². The average molecular weight is 515 g/mol. The van der Waals surface area contributed by atoms with Crippen LogP contribution in [0.5, 0.6) is 0 Å². The molecule has 0 aliphatic carbocycles. The number of carbonyl (C=O) groups is 2. The van der Waals surface area contributed by atoms with E-state index in [1.165, 1.54) is 0 Å². The Bertz CT molecular complexity index is 1450. The quantitative estimate of drug-likeness (QED) is 0.170. The van der Waals surface area contributed by atoms with Crippen molar-refractivity contribution in [2.75, 3.05) is 46.8 Å². The van der Waals surface area contributed by atoms with E-state index in [2.05, 4.69) is 9.47 Å². The van der Waals surface area contributed by atoms with E-state index in [9.17, 15) is 9.59 Å². The van der Waals surface area contributed by atoms with Crippen molar-refractivity contribution in [1.82, 2.24) is 9.47 Å². The molecule has 2 heterocycles. The number of ether oxygens (including phenoxy) is 3. The molecule has 1 saturated heterocycles. The minimum absolute atomic E-state index is 0.0301. The minimum atomic E-state index is -0.655. The van der Waals surface area contributed by atoms with Crippen LogP contribution in [0, 0.1) is 0 Å². The monoisotopic (exact) mass is 514 g/mol. The van der Waals surface area contributed by atoms with Crippen molar-refractivity contribution in [2.24, 2.45) is 0 Å². The Balaban J connectivity index is 1.58. The molecule has 1 fully saturated rings. The first kappa shape index (κ1) is 26.3. The molecule has 0 saturated carbocycles. The number of ketones is 2. The smallest absolute Gasteiger partial charge is 0.193 e. The predicted octanol–water partition coefficient (Wildman–Crippen LogP) is 4.94. The highest BCUT2D eigenvalue weighted by Crippen LogP contribution is 2.33. The summed E-state index contributed by atoms with van der Waals surface area (Å²) in [4.78, 5) is 29.2. The molecule has 0 atom stereocenters. The lowest BCUT2D eigenvalue weighted by Crippen LogP contribution is -2.54. The van der Waals surface area contributed by atoms with Gasteiger partial charge in [-0.25, -0.2) is 0 Å². The van der Waals surface area contributed by atoms with Gasteiger partial charge in [-0.3, -0.25) is 14.5 Å². The fourth-order valence-corrected chi connectivity index (χ4v) is 5.30. The van der Waals surface area contributed by atoms with Crippen LogP contribution in [0.1, 0.15) is 40.1 Å². The largest absolute Gasteiger partial charge is 0.379 e. The summed E-state index contributed by atoms with van der Waals surface area (Å²) in [6, 6.07) is 21.0. The summed E-state index contributed by atoms with van der Waals surface area (Å²) in [5.41, 5.74) is 3.24. The van der Waals surface area contributed by atoms with Crippen molar-refractivity contribution in [3.05, 3.63) is 83.4 Å². The Kier molecular flexibility index (Phi) is 7.72. The van der Waals surface area contributed by atoms with Gasteiger partial charge in [0.25, 0.3) is 0 Å². The molecule has 0 radical (unpaired) electrons. The van der Waals surface area contributed by atoms with E-state index in [1.807, 2.05) is 80.6 Å². The standard InChI is InChI=1S/C31H34N2O5/c1-31(2,32-13-16-37-17-14-32)30(35)24-10-12-28-26(20-24)25-19-23(29(34)22-7-5-4-6-8-22)9-11-27(25)33(28)15-18-38-21-36-3/h4-12,19-20H,13-18,21H2,1-3H3. The van der Waals surface area contributed by atoms with Gasteiger partial charge >= 0.3 is 0 Å². The first-order valence-electron chi connectivity index (χ1n) is 13.0. The maximum Gasteiger partial charge on any atom is 0.193 e. The van der Waals surface area contributed by atoms with E-state index in [0.717, 1.165) is 34.9 Å². The second kappa shape index (κ2) is 11.2. The van der Waals surface area contributed by atoms with Crippen LogP contribution in [0.15, 0.2) is 66.7 Å². The molecular weight excluding hydrogens is 480 g/mol. The minimum Gasteiger partial charge on any atom is -0.379 e. The molecule has 7 nitrogen and oxygen atoms in total. The highest BCUT2D eigenvalue weighted by molar-refractivity contribution is 6.16. The predicted molar refractivity (Wildman–Crippen MR) is 148 cm³/mol. The molecule has 0 amide bonds. The summed E-state index contributed by atoms with van der Waals surface area (Å²) in [5, 5.41) is 1.88. The summed E-state index contributed by atoms with van der Waals surface area (Å²) in [7, 11) is 1.60. The van der Waals surface area contributed by atoms with Crippen LogP contribution in [0.4, 0.5) is 0 Å². The van der Waals surface area contributed by atoms with Crippen LogP contribution in [0.2, 0.25) is 0 Å². The Morgan fingerprint density at radius 1 is 0.868 bits per heavy atom. The highest BCUT2D eigenvalue weighted by Gasteiger charge is 2.36. The van der Waals surface area contributed by atoms with Crippen LogP contribution in [-0.4, -0.2) is 73.4 Å². The van der Waals surface area contributed by atoms with E-state index >= 15 is 0 Å². The van der Waals surface area contributed by atoms with Crippen molar-refractivity contribution < 1.29 is 23.8 Å². The van der Waals surface area contributed by atoms with Gasteiger partial charge in [-0.2, -0.15) is 0 Å². The molecule has 38 heavy (non-hydrogen) atoms. The van der Waals surface area contributed by atoms with E-state index in [0.29, 0.717) is 43.1 Å². The zero-order valence-electron chi connectivity index (χ0n) is 22.2. The molecular formula is C31H34N2O5. The van der Waals surface area contributed by atoms with Crippen LogP contribution in [0.25, 0.3) is 21.8 Å². The first-order chi connectivity index (χ1) is 18.4. The molecule has 198 valence electrons. The second-order valence-corrected chi connectivity index (χ2v) is 10.1. The molecule has 1 aliphatic heterocycles. The highest BCUT2D eigenvalue weighted by atomic mass is 16.7. The molecule has 0 N–H and O–H groups in total. The number of Topliss-reactive ketones (excluding diaryl/α,β-unsaturated/α-hetero) is 1. The van der Waals surface area contributed by atoms with Gasteiger partial charge in [0.2, 0.25) is 0 Å². The van der Waals surface area contributed by atoms with E-state index in [-0.39, 0.29) is 18.4 Å². The Hall–Kier alpha value is -3.36. The Morgan fingerprint density at radius 3 is 2.16 bits per heavy atom. The van der Waals surface area contributed by atoms with Crippen LogP contribution in [-0.2, 0) is 20.8 Å². The number of nitrogens with zero attached hydrogens (tertiary/aromatic N) is 2. The van der Waals surface area contributed by atoms with E-state index in [4.69, 9.17) is 14.2 Å². The van der Waals surface area contributed by atoms with Gasteiger partial charge in [0, 0.05) is 65.2 Å². The van der Waals surface area contributed by atoms with Crippen molar-refractivity contribution in [2.45, 2.75) is 25.9 Å². The lowest BCUT2D eigenvalue weighted by atomic mass is 9.90. The third kappa shape index (κ3) is 5.02. The van der Waals surface area contributed by atoms with E-state index < -0.39 is 5.54 Å². The molecule has 3 aromatic carbocycles. The summed E-state index contributed by atoms with van der Waals surface area (Å²) in [6.07, 6.45) is 0. The maximum absolute atomic E-state index is 13.8. The van der Waals surface area contributed by atoms with Crippen molar-refractivity contribution in [3.8, 4) is 0 Å². The van der Waals surface area contributed by atoms with Crippen molar-refractivity contribution in [3.63, 3.8) is 0 Å². The SMILES string of the molecule is COCOCCn1c2ccc(C(=O)c3ccccc3)cc2c2cc(C(=O)C(C)(C)N3CCOCC3)ccc21. The Morgan fingerprint density at radius 2 is 1.50 bits per heavy atom. The number of hydrogen-bond acceptors (Lipinski definition) is 6. The number of aromatic nitrogens is 1. The van der Waals surface area contributed by atoms with Gasteiger partial charge in [-0.15, -0.1) is 0 Å². The number of hydrogen-bond donors (Lipinski definition) is 0. The fourth-order valence-electron chi connectivity index (χ4n) is 5.30. The summed E-state index contributed by atoms with van der Waals surface area (Å²) in [6.45, 7) is 8.00. The van der Waals surface area contributed by atoms with Crippen molar-refractivity contribution >= 4 is 33.4 Å². The van der Waals surface area contributed by atoms with Gasteiger partial charge in [0.05, 0.1) is 25.4 Å². The zero-order valence-corrected chi connectivity index (χ0v) is 22.2. The Labute approximate surface area is 222 Å². The number of carbonyl (C=O) groups excluding carboxylic acids is 2. The van der Waals surface area contributed by atoms with Crippen molar-refractivity contribution in [1.29, 1.82) is 0 Å². The number of rotatable bonds is 10. The van der Waals surface area contributed by atoms with Gasteiger partial charge in [0.15, 0.2) is 11.6 Å². The number of fused-ring (bicyclic) bond motifs is 3. The van der Waals surface area contributed by atoms with Gasteiger partial charge in [-0.05, 0) is 50.2 Å². The molecule has 1 aromatic heterocycles. The summed E-state index contributed by atoms with van der Waals surface area (Å²) >= 11 is 0. The number of methoxy groups -OCH3 is 1. The molecule has 0 spiro atoms. The van der Waals surface area contributed by atoms with Crippen LogP contribution < -0.4 is 0 Å². The topological polar surface area (TPSA) is 70.0 Å². The number of morpholine rings is 1.